The lowest BCUT2D eigenvalue weighted by Gasteiger charge is -2.27. The van der Waals surface area contributed by atoms with Crippen LogP contribution in [0.15, 0.2) is 0 Å². The van der Waals surface area contributed by atoms with Crippen molar-refractivity contribution in [1.82, 2.24) is 9.80 Å². The summed E-state index contributed by atoms with van der Waals surface area (Å²) in [6.45, 7) is 9.38. The fourth-order valence-electron chi connectivity index (χ4n) is 2.34. The third kappa shape index (κ3) is 5.09. The van der Waals surface area contributed by atoms with Crippen molar-refractivity contribution in [3.63, 3.8) is 0 Å². The molecule has 19 heavy (non-hydrogen) atoms. The normalized spacial score (nSPS) is 20.9. The largest absolute Gasteiger partial charge is 0.383 e. The van der Waals surface area contributed by atoms with Crippen LogP contribution < -0.4 is 5.73 Å². The molecule has 0 spiro atoms. The fourth-order valence-corrected chi connectivity index (χ4v) is 2.34. The van der Waals surface area contributed by atoms with Crippen molar-refractivity contribution in [1.29, 1.82) is 0 Å². The average molecular weight is 271 g/mol. The standard InChI is InChI=1S/C14H29N3O2/c1-4-12(2)13(15)14(18)17-7-5-6-16(8-9-17)10-11-19-3/h12-13H,4-11,15H2,1-3H3/t12-,13-/m0/s1. The minimum Gasteiger partial charge on any atom is -0.383 e. The Kier molecular flexibility index (Phi) is 7.34. The van der Waals surface area contributed by atoms with Gasteiger partial charge in [0.1, 0.15) is 0 Å². The molecule has 0 aromatic heterocycles. The SMILES string of the molecule is CC[C@H](C)[C@H](N)C(=O)N1CCCN(CCOC)CC1. The summed E-state index contributed by atoms with van der Waals surface area (Å²) in [4.78, 5) is 16.6. The van der Waals surface area contributed by atoms with Gasteiger partial charge in [0.25, 0.3) is 0 Å². The summed E-state index contributed by atoms with van der Waals surface area (Å²) >= 11 is 0. The van der Waals surface area contributed by atoms with E-state index in [9.17, 15) is 4.79 Å². The van der Waals surface area contributed by atoms with Crippen molar-refractivity contribution in [2.75, 3.05) is 46.4 Å². The summed E-state index contributed by atoms with van der Waals surface area (Å²) in [6.07, 6.45) is 1.96. The van der Waals surface area contributed by atoms with E-state index in [1.54, 1.807) is 7.11 Å². The van der Waals surface area contributed by atoms with Gasteiger partial charge < -0.3 is 15.4 Å². The van der Waals surface area contributed by atoms with Crippen LogP contribution in [-0.4, -0.2) is 68.2 Å². The van der Waals surface area contributed by atoms with Gasteiger partial charge in [0.05, 0.1) is 12.6 Å². The molecular weight excluding hydrogens is 242 g/mol. The highest BCUT2D eigenvalue weighted by Gasteiger charge is 2.26. The number of methoxy groups -OCH3 is 1. The van der Waals surface area contributed by atoms with E-state index in [-0.39, 0.29) is 17.9 Å². The second-order valence-electron chi connectivity index (χ2n) is 5.42. The van der Waals surface area contributed by atoms with Crippen LogP contribution in [0.4, 0.5) is 0 Å². The molecule has 1 heterocycles. The van der Waals surface area contributed by atoms with Gasteiger partial charge in [-0.2, -0.15) is 0 Å². The van der Waals surface area contributed by atoms with Crippen molar-refractivity contribution in [3.05, 3.63) is 0 Å². The number of carbonyl (C=O) groups excluding carboxylic acids is 1. The Bertz CT molecular complexity index is 273. The molecule has 0 unspecified atom stereocenters. The van der Waals surface area contributed by atoms with Gasteiger partial charge in [0.2, 0.25) is 5.91 Å². The van der Waals surface area contributed by atoms with Crippen LogP contribution in [0.1, 0.15) is 26.7 Å². The molecule has 0 saturated carbocycles. The van der Waals surface area contributed by atoms with Gasteiger partial charge in [-0.15, -0.1) is 0 Å². The molecule has 2 atom stereocenters. The molecule has 0 aromatic carbocycles. The van der Waals surface area contributed by atoms with Gasteiger partial charge in [0.15, 0.2) is 0 Å². The lowest BCUT2D eigenvalue weighted by molar-refractivity contribution is -0.133. The summed E-state index contributed by atoms with van der Waals surface area (Å²) in [5, 5.41) is 0. The van der Waals surface area contributed by atoms with Gasteiger partial charge in [0, 0.05) is 33.3 Å². The highest BCUT2D eigenvalue weighted by atomic mass is 16.5. The quantitative estimate of drug-likeness (QED) is 0.766. The highest BCUT2D eigenvalue weighted by molar-refractivity contribution is 5.82. The summed E-state index contributed by atoms with van der Waals surface area (Å²) in [6, 6.07) is -0.351. The van der Waals surface area contributed by atoms with Crippen LogP contribution in [0.3, 0.4) is 0 Å². The summed E-state index contributed by atoms with van der Waals surface area (Å²) in [7, 11) is 1.72. The molecule has 112 valence electrons. The Balaban J connectivity index is 2.45. The molecule has 1 aliphatic rings. The van der Waals surface area contributed by atoms with Crippen LogP contribution in [0.25, 0.3) is 0 Å². The van der Waals surface area contributed by atoms with Crippen LogP contribution in [0.5, 0.6) is 0 Å². The lowest BCUT2D eigenvalue weighted by atomic mass is 9.99. The molecule has 1 fully saturated rings. The lowest BCUT2D eigenvalue weighted by Crippen LogP contribution is -2.48. The van der Waals surface area contributed by atoms with Crippen LogP contribution in [0.2, 0.25) is 0 Å². The van der Waals surface area contributed by atoms with Crippen molar-refractivity contribution in [3.8, 4) is 0 Å². The Morgan fingerprint density at radius 1 is 1.32 bits per heavy atom. The van der Waals surface area contributed by atoms with Gasteiger partial charge in [-0.1, -0.05) is 20.3 Å². The maximum Gasteiger partial charge on any atom is 0.239 e. The van der Waals surface area contributed by atoms with E-state index >= 15 is 0 Å². The monoisotopic (exact) mass is 271 g/mol. The third-order valence-electron chi connectivity index (χ3n) is 4.05. The molecule has 1 amide bonds. The number of hydrogen-bond donors (Lipinski definition) is 1. The molecule has 0 bridgehead atoms. The maximum absolute atomic E-state index is 12.3. The molecule has 2 N–H and O–H groups in total. The molecule has 0 aromatic rings. The number of nitrogens with two attached hydrogens (primary N) is 1. The highest BCUT2D eigenvalue weighted by Crippen LogP contribution is 2.11. The number of ether oxygens (including phenoxy) is 1. The predicted molar refractivity (Wildman–Crippen MR) is 76.9 cm³/mol. The zero-order valence-corrected chi connectivity index (χ0v) is 12.6. The minimum absolute atomic E-state index is 0.114. The first-order chi connectivity index (χ1) is 9.10. The van der Waals surface area contributed by atoms with Gasteiger partial charge >= 0.3 is 0 Å². The number of hydrogen-bond acceptors (Lipinski definition) is 4. The van der Waals surface area contributed by atoms with Crippen LogP contribution >= 0.6 is 0 Å². The number of carbonyl (C=O) groups is 1. The third-order valence-corrected chi connectivity index (χ3v) is 4.05. The fraction of sp³-hybridized carbons (Fsp3) is 0.929. The Morgan fingerprint density at radius 2 is 2.05 bits per heavy atom. The molecule has 0 radical (unpaired) electrons. The van der Waals surface area contributed by atoms with Crippen molar-refractivity contribution in [2.45, 2.75) is 32.7 Å². The van der Waals surface area contributed by atoms with Crippen molar-refractivity contribution >= 4 is 5.91 Å². The second-order valence-corrected chi connectivity index (χ2v) is 5.42. The van der Waals surface area contributed by atoms with E-state index in [1.165, 1.54) is 0 Å². The van der Waals surface area contributed by atoms with Crippen LogP contribution in [0, 0.1) is 5.92 Å². The smallest absolute Gasteiger partial charge is 0.239 e. The summed E-state index contributed by atoms with van der Waals surface area (Å²) in [5.74, 6) is 0.364. The van der Waals surface area contributed by atoms with E-state index in [4.69, 9.17) is 10.5 Å². The van der Waals surface area contributed by atoms with Gasteiger partial charge in [-0.05, 0) is 18.9 Å². The first-order valence-electron chi connectivity index (χ1n) is 7.35. The summed E-state index contributed by atoms with van der Waals surface area (Å²) < 4.78 is 5.10. The molecule has 1 saturated heterocycles. The molecule has 5 heteroatoms. The first kappa shape index (κ1) is 16.4. The molecule has 5 nitrogen and oxygen atoms in total. The minimum atomic E-state index is -0.351. The van der Waals surface area contributed by atoms with Gasteiger partial charge in [-0.25, -0.2) is 0 Å². The number of rotatable bonds is 6. The molecular formula is C14H29N3O2. The Morgan fingerprint density at radius 3 is 2.68 bits per heavy atom. The van der Waals surface area contributed by atoms with Gasteiger partial charge in [-0.3, -0.25) is 9.69 Å². The molecule has 0 aliphatic carbocycles. The average Bonchev–Trinajstić information content (AvgIpc) is 2.68. The summed E-state index contributed by atoms with van der Waals surface area (Å²) in [5.41, 5.74) is 6.04. The number of nitrogens with zero attached hydrogens (tertiary/aromatic N) is 2. The zero-order valence-electron chi connectivity index (χ0n) is 12.6. The topological polar surface area (TPSA) is 58.8 Å². The Hall–Kier alpha value is -0.650. The zero-order chi connectivity index (χ0) is 14.3. The molecule has 1 aliphatic heterocycles. The van der Waals surface area contributed by atoms with E-state index < -0.39 is 0 Å². The van der Waals surface area contributed by atoms with E-state index in [0.717, 1.165) is 52.2 Å². The Labute approximate surface area is 117 Å². The van der Waals surface area contributed by atoms with E-state index in [2.05, 4.69) is 11.8 Å². The van der Waals surface area contributed by atoms with Crippen molar-refractivity contribution in [2.24, 2.45) is 11.7 Å². The molecule has 1 rings (SSSR count). The van der Waals surface area contributed by atoms with Crippen molar-refractivity contribution < 1.29 is 9.53 Å². The number of amides is 1. The van der Waals surface area contributed by atoms with E-state index in [1.807, 2.05) is 11.8 Å². The first-order valence-corrected chi connectivity index (χ1v) is 7.35. The second kappa shape index (κ2) is 8.51. The van der Waals surface area contributed by atoms with Crippen LogP contribution in [-0.2, 0) is 9.53 Å². The van der Waals surface area contributed by atoms with E-state index in [0.29, 0.717) is 0 Å². The predicted octanol–water partition coefficient (Wildman–Crippen LogP) is 0.541. The maximum atomic E-state index is 12.3.